The highest BCUT2D eigenvalue weighted by Gasteiger charge is 2.42. The van der Waals surface area contributed by atoms with Crippen molar-refractivity contribution in [3.05, 3.63) is 30.3 Å². The molecular weight excluding hydrogens is 350 g/mol. The molecule has 0 aromatic heterocycles. The number of benzene rings is 1. The van der Waals surface area contributed by atoms with E-state index in [-0.39, 0.29) is 23.2 Å². The number of nitrogens with zero attached hydrogens (tertiary/aromatic N) is 2. The van der Waals surface area contributed by atoms with Crippen molar-refractivity contribution >= 4 is 28.3 Å². The van der Waals surface area contributed by atoms with Crippen LogP contribution in [0, 0.1) is 5.92 Å². The summed E-state index contributed by atoms with van der Waals surface area (Å²) in [5.41, 5.74) is 5.68. The summed E-state index contributed by atoms with van der Waals surface area (Å²) >= 11 is 0. The fourth-order valence-electron chi connectivity index (χ4n) is 3.44. The van der Waals surface area contributed by atoms with Gasteiger partial charge in [0.2, 0.25) is 15.9 Å². The van der Waals surface area contributed by atoms with E-state index in [4.69, 9.17) is 5.73 Å². The van der Waals surface area contributed by atoms with E-state index >= 15 is 0 Å². The van der Waals surface area contributed by atoms with Gasteiger partial charge in [0, 0.05) is 19.6 Å². The second-order valence-electron chi connectivity index (χ2n) is 6.26. The van der Waals surface area contributed by atoms with E-state index < -0.39 is 16.1 Å². The van der Waals surface area contributed by atoms with Crippen LogP contribution in [0.1, 0.15) is 19.3 Å². The molecule has 8 heteroatoms. The molecule has 2 aliphatic heterocycles. The number of carbonyl (C=O) groups is 1. The maximum absolute atomic E-state index is 12.8. The average molecular weight is 374 g/mol. The first kappa shape index (κ1) is 19.2. The molecule has 0 radical (unpaired) electrons. The molecule has 0 aliphatic carbocycles. The third-order valence-electron chi connectivity index (χ3n) is 4.77. The molecule has 6 nitrogen and oxygen atoms in total. The molecule has 1 aromatic rings. The summed E-state index contributed by atoms with van der Waals surface area (Å²) in [6.07, 6.45) is 2.21. The second kappa shape index (κ2) is 7.82. The van der Waals surface area contributed by atoms with Gasteiger partial charge in [-0.1, -0.05) is 18.2 Å². The van der Waals surface area contributed by atoms with Gasteiger partial charge in [0.1, 0.15) is 6.04 Å². The zero-order chi connectivity index (χ0) is 16.4. The van der Waals surface area contributed by atoms with Gasteiger partial charge in [-0.25, -0.2) is 8.42 Å². The smallest absolute Gasteiger partial charge is 0.243 e. The van der Waals surface area contributed by atoms with Gasteiger partial charge in [-0.05, 0) is 43.9 Å². The van der Waals surface area contributed by atoms with Crippen molar-refractivity contribution in [3.8, 4) is 0 Å². The molecule has 2 atom stereocenters. The molecule has 2 unspecified atom stereocenters. The van der Waals surface area contributed by atoms with Gasteiger partial charge in [-0.3, -0.25) is 4.79 Å². The first-order chi connectivity index (χ1) is 11.0. The van der Waals surface area contributed by atoms with Crippen LogP contribution in [0.25, 0.3) is 0 Å². The molecule has 0 bridgehead atoms. The Balaban J connectivity index is 0.00000208. The number of sulfonamides is 1. The Kier molecular flexibility index (Phi) is 6.25. The molecule has 2 heterocycles. The van der Waals surface area contributed by atoms with Crippen molar-refractivity contribution in [1.29, 1.82) is 0 Å². The molecule has 2 saturated heterocycles. The number of likely N-dealkylation sites (tertiary alicyclic amines) is 1. The Morgan fingerprint density at radius 3 is 2.50 bits per heavy atom. The molecule has 134 valence electrons. The summed E-state index contributed by atoms with van der Waals surface area (Å²) in [6.45, 7) is 2.30. The van der Waals surface area contributed by atoms with Crippen molar-refractivity contribution in [2.75, 3.05) is 26.2 Å². The van der Waals surface area contributed by atoms with Crippen molar-refractivity contribution in [3.63, 3.8) is 0 Å². The number of nitrogens with two attached hydrogens (primary N) is 1. The lowest BCUT2D eigenvalue weighted by molar-refractivity contribution is -0.133. The van der Waals surface area contributed by atoms with Crippen LogP contribution >= 0.6 is 12.4 Å². The lowest BCUT2D eigenvalue weighted by Crippen LogP contribution is -2.47. The van der Waals surface area contributed by atoms with Crippen LogP contribution < -0.4 is 5.73 Å². The van der Waals surface area contributed by atoms with E-state index in [0.29, 0.717) is 38.5 Å². The van der Waals surface area contributed by atoms with E-state index in [9.17, 15) is 13.2 Å². The molecule has 0 saturated carbocycles. The fourth-order valence-corrected chi connectivity index (χ4v) is 5.11. The summed E-state index contributed by atoms with van der Waals surface area (Å²) in [6, 6.07) is 7.77. The van der Waals surface area contributed by atoms with Crippen LogP contribution in [0.15, 0.2) is 35.2 Å². The SMILES string of the molecule is Cl.NCC1CCN(C(=O)C2CCCN2S(=O)(=O)c2ccccc2)C1. The van der Waals surface area contributed by atoms with Gasteiger partial charge in [-0.2, -0.15) is 4.31 Å². The van der Waals surface area contributed by atoms with E-state index in [1.54, 1.807) is 35.2 Å². The van der Waals surface area contributed by atoms with Crippen LogP contribution in [0.5, 0.6) is 0 Å². The van der Waals surface area contributed by atoms with Gasteiger partial charge in [0.15, 0.2) is 0 Å². The molecule has 1 aromatic carbocycles. The summed E-state index contributed by atoms with van der Waals surface area (Å²) in [4.78, 5) is 14.8. The quantitative estimate of drug-likeness (QED) is 0.855. The zero-order valence-electron chi connectivity index (χ0n) is 13.5. The number of carbonyl (C=O) groups excluding carboxylic acids is 1. The normalized spacial score (nSPS) is 24.8. The summed E-state index contributed by atoms with van der Waals surface area (Å²) in [7, 11) is -3.62. The number of hydrogen-bond donors (Lipinski definition) is 1. The van der Waals surface area contributed by atoms with Crippen LogP contribution in [-0.2, 0) is 14.8 Å². The summed E-state index contributed by atoms with van der Waals surface area (Å²) in [5, 5.41) is 0. The largest absolute Gasteiger partial charge is 0.341 e. The maximum atomic E-state index is 12.8. The number of amides is 1. The first-order valence-corrected chi connectivity index (χ1v) is 9.54. The van der Waals surface area contributed by atoms with E-state index in [0.717, 1.165) is 12.8 Å². The zero-order valence-corrected chi connectivity index (χ0v) is 15.1. The maximum Gasteiger partial charge on any atom is 0.243 e. The first-order valence-electron chi connectivity index (χ1n) is 8.10. The molecular formula is C16H24ClN3O3S. The van der Waals surface area contributed by atoms with Gasteiger partial charge in [-0.15, -0.1) is 12.4 Å². The fraction of sp³-hybridized carbons (Fsp3) is 0.562. The van der Waals surface area contributed by atoms with E-state index in [1.807, 2.05) is 0 Å². The molecule has 2 aliphatic rings. The van der Waals surface area contributed by atoms with Crippen molar-refractivity contribution < 1.29 is 13.2 Å². The Bertz CT molecular complexity index is 668. The topological polar surface area (TPSA) is 83.7 Å². The Labute approximate surface area is 149 Å². The molecule has 0 spiro atoms. The Morgan fingerprint density at radius 1 is 1.17 bits per heavy atom. The monoisotopic (exact) mass is 373 g/mol. The van der Waals surface area contributed by atoms with Gasteiger partial charge in [0.25, 0.3) is 0 Å². The third-order valence-corrected chi connectivity index (χ3v) is 6.69. The van der Waals surface area contributed by atoms with Gasteiger partial charge >= 0.3 is 0 Å². The van der Waals surface area contributed by atoms with Crippen molar-refractivity contribution in [2.24, 2.45) is 11.7 Å². The lowest BCUT2D eigenvalue weighted by atomic mass is 10.1. The number of rotatable bonds is 4. The Morgan fingerprint density at radius 2 is 1.88 bits per heavy atom. The van der Waals surface area contributed by atoms with Crippen LogP contribution in [-0.4, -0.2) is 55.8 Å². The number of halogens is 1. The molecule has 1 amide bonds. The minimum atomic E-state index is -3.62. The number of hydrogen-bond acceptors (Lipinski definition) is 4. The van der Waals surface area contributed by atoms with Gasteiger partial charge < -0.3 is 10.6 Å². The predicted octanol–water partition coefficient (Wildman–Crippen LogP) is 1.07. The van der Waals surface area contributed by atoms with Crippen LogP contribution in [0.3, 0.4) is 0 Å². The minimum Gasteiger partial charge on any atom is -0.341 e. The van der Waals surface area contributed by atoms with Crippen LogP contribution in [0.4, 0.5) is 0 Å². The molecule has 2 fully saturated rings. The minimum absolute atomic E-state index is 0. The van der Waals surface area contributed by atoms with E-state index in [2.05, 4.69) is 0 Å². The molecule has 3 rings (SSSR count). The third kappa shape index (κ3) is 3.59. The highest BCUT2D eigenvalue weighted by Crippen LogP contribution is 2.28. The second-order valence-corrected chi connectivity index (χ2v) is 8.15. The van der Waals surface area contributed by atoms with Gasteiger partial charge in [0.05, 0.1) is 4.90 Å². The standard InChI is InChI=1S/C16H23N3O3S.ClH/c17-11-13-8-10-18(12-13)16(20)15-7-4-9-19(15)23(21,22)14-5-2-1-3-6-14;/h1-3,5-6,13,15H,4,7-12,17H2;1H. The average Bonchev–Trinajstić information content (AvgIpc) is 3.24. The Hall–Kier alpha value is -1.15. The van der Waals surface area contributed by atoms with Crippen molar-refractivity contribution in [1.82, 2.24) is 9.21 Å². The molecule has 2 N–H and O–H groups in total. The summed E-state index contributed by atoms with van der Waals surface area (Å²) < 4.78 is 27.0. The van der Waals surface area contributed by atoms with Crippen molar-refractivity contribution in [2.45, 2.75) is 30.2 Å². The lowest BCUT2D eigenvalue weighted by Gasteiger charge is -2.27. The molecule has 24 heavy (non-hydrogen) atoms. The summed E-state index contributed by atoms with van der Waals surface area (Å²) in [5.74, 6) is 0.262. The predicted molar refractivity (Wildman–Crippen MR) is 94.3 cm³/mol. The van der Waals surface area contributed by atoms with Crippen LogP contribution in [0.2, 0.25) is 0 Å². The highest BCUT2D eigenvalue weighted by molar-refractivity contribution is 7.89. The van der Waals surface area contributed by atoms with E-state index in [1.165, 1.54) is 4.31 Å². The highest BCUT2D eigenvalue weighted by atomic mass is 35.5.